The summed E-state index contributed by atoms with van der Waals surface area (Å²) in [6, 6.07) is 0. The molecule has 0 radical (unpaired) electrons. The monoisotopic (exact) mass is 228 g/mol. The van der Waals surface area contributed by atoms with Crippen LogP contribution in [0.25, 0.3) is 0 Å². The average Bonchev–Trinajstić information content (AvgIpc) is 2.61. The molecule has 1 saturated carbocycles. The smallest absolute Gasteiger partial charge is 0.0636 e. The fourth-order valence-electron chi connectivity index (χ4n) is 3.01. The molecular formula is C13H21ClO. The molecule has 2 heteroatoms. The minimum atomic E-state index is 0.264. The lowest BCUT2D eigenvalue weighted by atomic mass is 9.92. The molecule has 2 aliphatic rings. The zero-order valence-electron chi connectivity index (χ0n) is 9.55. The van der Waals surface area contributed by atoms with Crippen LogP contribution < -0.4 is 0 Å². The van der Waals surface area contributed by atoms with E-state index in [4.69, 9.17) is 16.3 Å². The van der Waals surface area contributed by atoms with Gasteiger partial charge in [-0.2, -0.15) is 0 Å². The van der Waals surface area contributed by atoms with Gasteiger partial charge in [-0.15, -0.1) is 11.6 Å². The van der Waals surface area contributed by atoms with Crippen LogP contribution >= 0.6 is 11.6 Å². The molecule has 0 saturated heterocycles. The first-order chi connectivity index (χ1) is 7.31. The van der Waals surface area contributed by atoms with Gasteiger partial charge in [-0.25, -0.2) is 0 Å². The summed E-state index contributed by atoms with van der Waals surface area (Å²) in [6.07, 6.45) is 11.6. The van der Waals surface area contributed by atoms with E-state index in [1.54, 1.807) is 5.57 Å². The first-order valence-electron chi connectivity index (χ1n) is 6.18. The summed E-state index contributed by atoms with van der Waals surface area (Å²) in [5, 5.41) is 0.264. The second-order valence-corrected chi connectivity index (χ2v) is 5.38. The Morgan fingerprint density at radius 3 is 2.87 bits per heavy atom. The van der Waals surface area contributed by atoms with Crippen LogP contribution in [-0.2, 0) is 4.74 Å². The van der Waals surface area contributed by atoms with Crippen LogP contribution in [-0.4, -0.2) is 18.6 Å². The molecule has 1 fully saturated rings. The van der Waals surface area contributed by atoms with Gasteiger partial charge in [0.1, 0.15) is 0 Å². The van der Waals surface area contributed by atoms with Gasteiger partial charge >= 0.3 is 0 Å². The Labute approximate surface area is 97.8 Å². The Morgan fingerprint density at radius 2 is 2.07 bits per heavy atom. The highest BCUT2D eigenvalue weighted by Gasteiger charge is 2.30. The molecule has 0 aromatic rings. The SMILES string of the molecule is COC1CCCC1C1=CC(Cl)CCCC1. The summed E-state index contributed by atoms with van der Waals surface area (Å²) in [4.78, 5) is 0. The molecule has 0 heterocycles. The lowest BCUT2D eigenvalue weighted by molar-refractivity contribution is 0.0816. The number of hydrogen-bond acceptors (Lipinski definition) is 1. The molecule has 86 valence electrons. The molecule has 0 spiro atoms. The number of methoxy groups -OCH3 is 1. The fraction of sp³-hybridized carbons (Fsp3) is 0.846. The largest absolute Gasteiger partial charge is 0.381 e. The van der Waals surface area contributed by atoms with Gasteiger partial charge in [0.25, 0.3) is 0 Å². The second-order valence-electron chi connectivity index (χ2n) is 4.81. The summed E-state index contributed by atoms with van der Waals surface area (Å²) < 4.78 is 5.57. The van der Waals surface area contributed by atoms with E-state index in [-0.39, 0.29) is 5.38 Å². The summed E-state index contributed by atoms with van der Waals surface area (Å²) in [7, 11) is 1.85. The highest BCUT2D eigenvalue weighted by Crippen LogP contribution is 2.37. The number of rotatable bonds is 2. The normalized spacial score (nSPS) is 37.5. The van der Waals surface area contributed by atoms with Gasteiger partial charge in [-0.05, 0) is 32.1 Å². The predicted octanol–water partition coefficient (Wildman–Crippen LogP) is 3.91. The van der Waals surface area contributed by atoms with Gasteiger partial charge in [0, 0.05) is 13.0 Å². The molecule has 15 heavy (non-hydrogen) atoms. The van der Waals surface area contributed by atoms with E-state index in [2.05, 4.69) is 6.08 Å². The lowest BCUT2D eigenvalue weighted by Crippen LogP contribution is -2.18. The average molecular weight is 229 g/mol. The molecule has 0 aliphatic heterocycles. The van der Waals surface area contributed by atoms with Crippen molar-refractivity contribution >= 4 is 11.6 Å². The second kappa shape index (κ2) is 5.36. The molecule has 3 atom stereocenters. The van der Waals surface area contributed by atoms with Crippen LogP contribution in [0.2, 0.25) is 0 Å². The maximum absolute atomic E-state index is 6.27. The maximum atomic E-state index is 6.27. The fourth-order valence-corrected chi connectivity index (χ4v) is 3.32. The van der Waals surface area contributed by atoms with Gasteiger partial charge in [-0.3, -0.25) is 0 Å². The van der Waals surface area contributed by atoms with Crippen molar-refractivity contribution in [2.24, 2.45) is 5.92 Å². The van der Waals surface area contributed by atoms with E-state index in [0.29, 0.717) is 12.0 Å². The van der Waals surface area contributed by atoms with Gasteiger partial charge in [0.05, 0.1) is 11.5 Å². The number of ether oxygens (including phenoxy) is 1. The number of halogens is 1. The highest BCUT2D eigenvalue weighted by molar-refractivity contribution is 6.21. The van der Waals surface area contributed by atoms with E-state index >= 15 is 0 Å². The van der Waals surface area contributed by atoms with E-state index in [1.165, 1.54) is 38.5 Å². The van der Waals surface area contributed by atoms with Crippen molar-refractivity contribution in [2.75, 3.05) is 7.11 Å². The van der Waals surface area contributed by atoms with Gasteiger partial charge in [0.2, 0.25) is 0 Å². The van der Waals surface area contributed by atoms with E-state index in [0.717, 1.165) is 6.42 Å². The van der Waals surface area contributed by atoms with Gasteiger partial charge in [0.15, 0.2) is 0 Å². The van der Waals surface area contributed by atoms with Crippen molar-refractivity contribution in [2.45, 2.75) is 56.4 Å². The molecule has 0 amide bonds. The Morgan fingerprint density at radius 1 is 1.20 bits per heavy atom. The van der Waals surface area contributed by atoms with E-state index < -0.39 is 0 Å². The highest BCUT2D eigenvalue weighted by atomic mass is 35.5. The summed E-state index contributed by atoms with van der Waals surface area (Å²) in [5.74, 6) is 0.661. The Balaban J connectivity index is 2.07. The molecule has 0 bridgehead atoms. The van der Waals surface area contributed by atoms with Crippen molar-refractivity contribution in [3.63, 3.8) is 0 Å². The molecule has 2 rings (SSSR count). The minimum absolute atomic E-state index is 0.264. The van der Waals surface area contributed by atoms with Crippen molar-refractivity contribution < 1.29 is 4.74 Å². The third-order valence-corrected chi connectivity index (χ3v) is 4.17. The zero-order valence-corrected chi connectivity index (χ0v) is 10.3. The first-order valence-corrected chi connectivity index (χ1v) is 6.62. The van der Waals surface area contributed by atoms with Crippen LogP contribution in [0, 0.1) is 5.92 Å². The molecule has 3 unspecified atom stereocenters. The lowest BCUT2D eigenvalue weighted by Gasteiger charge is -2.21. The quantitative estimate of drug-likeness (QED) is 0.515. The summed E-state index contributed by atoms with van der Waals surface area (Å²) >= 11 is 6.27. The maximum Gasteiger partial charge on any atom is 0.0636 e. The summed E-state index contributed by atoms with van der Waals surface area (Å²) in [6.45, 7) is 0. The van der Waals surface area contributed by atoms with Gasteiger partial charge < -0.3 is 4.74 Å². The molecule has 0 N–H and O–H groups in total. The first kappa shape index (κ1) is 11.5. The van der Waals surface area contributed by atoms with Crippen molar-refractivity contribution in [3.05, 3.63) is 11.6 Å². The number of hydrogen-bond donors (Lipinski definition) is 0. The van der Waals surface area contributed by atoms with Crippen LogP contribution in [0.1, 0.15) is 44.9 Å². The topological polar surface area (TPSA) is 9.23 Å². The Bertz CT molecular complexity index is 237. The molecule has 2 aliphatic carbocycles. The summed E-state index contributed by atoms with van der Waals surface area (Å²) in [5.41, 5.74) is 1.58. The van der Waals surface area contributed by atoms with Crippen molar-refractivity contribution in [1.29, 1.82) is 0 Å². The molecule has 0 aromatic carbocycles. The van der Waals surface area contributed by atoms with Crippen LogP contribution in [0.15, 0.2) is 11.6 Å². The van der Waals surface area contributed by atoms with Gasteiger partial charge in [-0.1, -0.05) is 24.5 Å². The minimum Gasteiger partial charge on any atom is -0.381 e. The van der Waals surface area contributed by atoms with Crippen LogP contribution in [0.5, 0.6) is 0 Å². The molecular weight excluding hydrogens is 208 g/mol. The van der Waals surface area contributed by atoms with E-state index in [9.17, 15) is 0 Å². The third-order valence-electron chi connectivity index (χ3n) is 3.82. The Hall–Kier alpha value is -0.0100. The van der Waals surface area contributed by atoms with Crippen LogP contribution in [0.3, 0.4) is 0 Å². The molecule has 1 nitrogen and oxygen atoms in total. The predicted molar refractivity (Wildman–Crippen MR) is 64.3 cm³/mol. The molecule has 0 aromatic heterocycles. The van der Waals surface area contributed by atoms with Crippen LogP contribution in [0.4, 0.5) is 0 Å². The Kier molecular flexibility index (Phi) is 4.10. The standard InChI is InChI=1S/C13H21ClO/c1-15-13-8-4-7-12(13)10-5-2-3-6-11(14)9-10/h9,11-13H,2-8H2,1H3. The number of allylic oxidation sites excluding steroid dienone is 1. The van der Waals surface area contributed by atoms with Crippen molar-refractivity contribution in [3.8, 4) is 0 Å². The third kappa shape index (κ3) is 2.76. The van der Waals surface area contributed by atoms with Crippen molar-refractivity contribution in [1.82, 2.24) is 0 Å². The van der Waals surface area contributed by atoms with E-state index in [1.807, 2.05) is 7.11 Å². The zero-order chi connectivity index (χ0) is 10.7. The number of alkyl halides is 1.